The van der Waals surface area contributed by atoms with Crippen LogP contribution in [0.5, 0.6) is 5.75 Å². The molecule has 1 aliphatic heterocycles. The Morgan fingerprint density at radius 3 is 2.89 bits per heavy atom. The largest absolute Gasteiger partial charge is 0.479 e. The second-order valence-corrected chi connectivity index (χ2v) is 5.06. The highest BCUT2D eigenvalue weighted by Crippen LogP contribution is 2.35. The van der Waals surface area contributed by atoms with Crippen LogP contribution < -0.4 is 10.1 Å². The van der Waals surface area contributed by atoms with Crippen molar-refractivity contribution in [1.29, 1.82) is 0 Å². The first-order valence-electron chi connectivity index (χ1n) is 6.39. The van der Waals surface area contributed by atoms with Crippen LogP contribution >= 0.6 is 0 Å². The number of fused-ring (bicyclic) bond motifs is 1. The van der Waals surface area contributed by atoms with E-state index < -0.39 is 11.7 Å². The Kier molecular flexibility index (Phi) is 3.78. The highest BCUT2D eigenvalue weighted by atomic mass is 16.5. The molecule has 2 unspecified atom stereocenters. The van der Waals surface area contributed by atoms with Gasteiger partial charge in [0.05, 0.1) is 11.3 Å². The zero-order chi connectivity index (χ0) is 14.0. The van der Waals surface area contributed by atoms with Crippen LogP contribution in [0.2, 0.25) is 0 Å². The molecule has 0 spiro atoms. The number of carbonyl (C=O) groups is 1. The van der Waals surface area contributed by atoms with Crippen LogP contribution in [0.1, 0.15) is 32.3 Å². The third-order valence-electron chi connectivity index (χ3n) is 3.35. The molecule has 0 aromatic heterocycles. The number of ether oxygens (including phenoxy) is 1. The Morgan fingerprint density at radius 2 is 2.21 bits per heavy atom. The lowest BCUT2D eigenvalue weighted by atomic mass is 9.90. The molecular formula is C14H19NO4. The fourth-order valence-electron chi connectivity index (χ4n) is 2.11. The van der Waals surface area contributed by atoms with Gasteiger partial charge in [-0.15, -0.1) is 0 Å². The fraction of sp³-hybridized carbons (Fsp3) is 0.500. The van der Waals surface area contributed by atoms with E-state index in [1.165, 1.54) is 0 Å². The minimum absolute atomic E-state index is 0.0401. The molecule has 1 amide bonds. The van der Waals surface area contributed by atoms with E-state index in [1.807, 2.05) is 0 Å². The molecule has 0 fully saturated rings. The molecule has 1 aromatic rings. The molecule has 3 N–H and O–H groups in total. The number of aliphatic hydroxyl groups excluding tert-OH is 1. The number of carbonyl (C=O) groups excluding carboxylic acids is 1. The first kappa shape index (κ1) is 13.8. The maximum absolute atomic E-state index is 11.6. The van der Waals surface area contributed by atoms with Crippen molar-refractivity contribution in [2.24, 2.45) is 0 Å². The van der Waals surface area contributed by atoms with E-state index in [1.54, 1.807) is 32.0 Å². The minimum Gasteiger partial charge on any atom is -0.479 e. The zero-order valence-electron chi connectivity index (χ0n) is 11.1. The number of hydrogen-bond donors (Lipinski definition) is 3. The van der Waals surface area contributed by atoms with Gasteiger partial charge >= 0.3 is 0 Å². The number of anilines is 1. The Morgan fingerprint density at radius 1 is 1.47 bits per heavy atom. The molecule has 1 aromatic carbocycles. The Balaban J connectivity index is 2.26. The highest BCUT2D eigenvalue weighted by Gasteiger charge is 2.27. The fourth-order valence-corrected chi connectivity index (χ4v) is 2.11. The standard InChI is InChI=1S/C14H19NO4/c1-9-13(17)15-11-8-10(4-5-12(11)19-9)14(2,18)6-3-7-16/h4-5,8-9,16,18H,3,6-7H2,1-2H3,(H,15,17). The second-order valence-electron chi connectivity index (χ2n) is 5.06. The first-order valence-corrected chi connectivity index (χ1v) is 6.39. The first-order chi connectivity index (χ1) is 8.94. The normalized spacial score (nSPS) is 21.1. The topological polar surface area (TPSA) is 78.8 Å². The maximum atomic E-state index is 11.6. The van der Waals surface area contributed by atoms with E-state index in [4.69, 9.17) is 9.84 Å². The molecule has 19 heavy (non-hydrogen) atoms. The quantitative estimate of drug-likeness (QED) is 0.768. The number of aliphatic hydroxyl groups is 2. The smallest absolute Gasteiger partial charge is 0.265 e. The van der Waals surface area contributed by atoms with Gasteiger partial charge in [-0.05, 0) is 44.4 Å². The average Bonchev–Trinajstić information content (AvgIpc) is 2.37. The number of amides is 1. The lowest BCUT2D eigenvalue weighted by molar-refractivity contribution is -0.122. The van der Waals surface area contributed by atoms with Crippen LogP contribution in [0.25, 0.3) is 0 Å². The summed E-state index contributed by atoms with van der Waals surface area (Å²) in [5.74, 6) is 0.411. The van der Waals surface area contributed by atoms with Crippen LogP contribution in [0.4, 0.5) is 5.69 Å². The van der Waals surface area contributed by atoms with Gasteiger partial charge in [0.15, 0.2) is 6.10 Å². The van der Waals surface area contributed by atoms with Crippen LogP contribution in [0.3, 0.4) is 0 Å². The van der Waals surface area contributed by atoms with E-state index in [9.17, 15) is 9.90 Å². The van der Waals surface area contributed by atoms with Crippen molar-refractivity contribution < 1.29 is 19.7 Å². The van der Waals surface area contributed by atoms with E-state index >= 15 is 0 Å². The lowest BCUT2D eigenvalue weighted by Gasteiger charge is -2.28. The number of benzene rings is 1. The predicted molar refractivity (Wildman–Crippen MR) is 71.1 cm³/mol. The van der Waals surface area contributed by atoms with Crippen molar-refractivity contribution in [2.75, 3.05) is 11.9 Å². The second kappa shape index (κ2) is 5.19. The van der Waals surface area contributed by atoms with E-state index in [-0.39, 0.29) is 12.5 Å². The van der Waals surface area contributed by atoms with Crippen molar-refractivity contribution in [1.82, 2.24) is 0 Å². The number of rotatable bonds is 4. The molecule has 1 heterocycles. The highest BCUT2D eigenvalue weighted by molar-refractivity contribution is 5.97. The third-order valence-corrected chi connectivity index (χ3v) is 3.35. The molecule has 2 rings (SSSR count). The predicted octanol–water partition coefficient (Wildman–Crippen LogP) is 1.39. The summed E-state index contributed by atoms with van der Waals surface area (Å²) in [5.41, 5.74) is 0.231. The van der Waals surface area contributed by atoms with Gasteiger partial charge in [-0.25, -0.2) is 0 Å². The number of hydrogen-bond acceptors (Lipinski definition) is 4. The van der Waals surface area contributed by atoms with Gasteiger partial charge in [0.1, 0.15) is 5.75 Å². The molecule has 5 heteroatoms. The molecular weight excluding hydrogens is 246 g/mol. The Labute approximate surface area is 112 Å². The molecule has 0 saturated heterocycles. The summed E-state index contributed by atoms with van der Waals surface area (Å²) < 4.78 is 5.46. The summed E-state index contributed by atoms with van der Waals surface area (Å²) in [6, 6.07) is 5.24. The van der Waals surface area contributed by atoms with Crippen molar-refractivity contribution in [2.45, 2.75) is 38.4 Å². The van der Waals surface area contributed by atoms with E-state index in [0.29, 0.717) is 29.8 Å². The number of nitrogens with one attached hydrogen (secondary N) is 1. The monoisotopic (exact) mass is 265 g/mol. The summed E-state index contributed by atoms with van der Waals surface area (Å²) in [6.07, 6.45) is 0.463. The van der Waals surface area contributed by atoms with Gasteiger partial charge in [-0.3, -0.25) is 4.79 Å². The summed E-state index contributed by atoms with van der Waals surface area (Å²) in [5, 5.41) is 22.0. The van der Waals surface area contributed by atoms with Crippen molar-refractivity contribution in [3.63, 3.8) is 0 Å². The maximum Gasteiger partial charge on any atom is 0.265 e. The van der Waals surface area contributed by atoms with Crippen molar-refractivity contribution in [3.8, 4) is 5.75 Å². The van der Waals surface area contributed by atoms with Gasteiger partial charge in [-0.2, -0.15) is 0 Å². The molecule has 104 valence electrons. The van der Waals surface area contributed by atoms with Crippen LogP contribution in [0.15, 0.2) is 18.2 Å². The van der Waals surface area contributed by atoms with Crippen molar-refractivity contribution in [3.05, 3.63) is 23.8 Å². The molecule has 0 aliphatic carbocycles. The Hall–Kier alpha value is -1.59. The SMILES string of the molecule is CC1Oc2ccc(C(C)(O)CCCO)cc2NC1=O. The minimum atomic E-state index is -1.04. The van der Waals surface area contributed by atoms with Crippen LogP contribution in [0, 0.1) is 0 Å². The summed E-state index contributed by atoms with van der Waals surface area (Å²) in [6.45, 7) is 3.42. The molecule has 0 radical (unpaired) electrons. The summed E-state index contributed by atoms with van der Waals surface area (Å²) in [4.78, 5) is 11.6. The summed E-state index contributed by atoms with van der Waals surface area (Å²) in [7, 11) is 0. The molecule has 0 bridgehead atoms. The Bertz CT molecular complexity index is 484. The molecule has 2 atom stereocenters. The van der Waals surface area contributed by atoms with Gasteiger partial charge in [-0.1, -0.05) is 6.07 Å². The van der Waals surface area contributed by atoms with Gasteiger partial charge in [0.25, 0.3) is 5.91 Å². The van der Waals surface area contributed by atoms with Gasteiger partial charge in [0.2, 0.25) is 0 Å². The van der Waals surface area contributed by atoms with E-state index in [0.717, 1.165) is 0 Å². The average molecular weight is 265 g/mol. The van der Waals surface area contributed by atoms with Gasteiger partial charge in [0, 0.05) is 6.61 Å². The zero-order valence-corrected chi connectivity index (χ0v) is 11.1. The lowest BCUT2D eigenvalue weighted by Crippen LogP contribution is -2.34. The van der Waals surface area contributed by atoms with Crippen molar-refractivity contribution >= 4 is 11.6 Å². The van der Waals surface area contributed by atoms with Gasteiger partial charge < -0.3 is 20.3 Å². The summed E-state index contributed by atoms with van der Waals surface area (Å²) >= 11 is 0. The third kappa shape index (κ3) is 2.88. The van der Waals surface area contributed by atoms with Crippen LogP contribution in [-0.4, -0.2) is 28.8 Å². The molecule has 0 saturated carbocycles. The van der Waals surface area contributed by atoms with Crippen LogP contribution in [-0.2, 0) is 10.4 Å². The van der Waals surface area contributed by atoms with E-state index in [2.05, 4.69) is 5.32 Å². The molecule has 1 aliphatic rings. The molecule has 5 nitrogen and oxygen atoms in total.